The highest BCUT2D eigenvalue weighted by Crippen LogP contribution is 2.32. The van der Waals surface area contributed by atoms with E-state index in [9.17, 15) is 9.90 Å². The van der Waals surface area contributed by atoms with Crippen LogP contribution in [0, 0.1) is 5.92 Å². The molecule has 0 spiro atoms. The van der Waals surface area contributed by atoms with E-state index in [4.69, 9.17) is 0 Å². The fourth-order valence-corrected chi connectivity index (χ4v) is 4.03. The topological polar surface area (TPSA) is 62.2 Å². The van der Waals surface area contributed by atoms with Gasteiger partial charge in [0.15, 0.2) is 0 Å². The summed E-state index contributed by atoms with van der Waals surface area (Å²) in [4.78, 5) is 16.8. The van der Waals surface area contributed by atoms with Crippen LogP contribution in [0.2, 0.25) is 0 Å². The third-order valence-electron chi connectivity index (χ3n) is 5.60. The van der Waals surface area contributed by atoms with Crippen molar-refractivity contribution in [3.05, 3.63) is 65.0 Å². The first kappa shape index (κ1) is 16.3. The molecule has 1 heterocycles. The Morgan fingerprint density at radius 1 is 1.16 bits per heavy atom. The lowest BCUT2D eigenvalue weighted by atomic mass is 9.75. The molecule has 0 saturated heterocycles. The minimum absolute atomic E-state index is 0.00449. The summed E-state index contributed by atoms with van der Waals surface area (Å²) in [5.41, 5.74) is 4.61. The number of amides is 1. The number of hydrogen-bond acceptors (Lipinski definition) is 3. The molecule has 4 nitrogen and oxygen atoms in total. The van der Waals surface area contributed by atoms with Gasteiger partial charge in [-0.05, 0) is 85.4 Å². The molecule has 4 heteroatoms. The van der Waals surface area contributed by atoms with Gasteiger partial charge in [-0.3, -0.25) is 9.78 Å². The average Bonchev–Trinajstić information content (AvgIpc) is 3.07. The predicted octanol–water partition coefficient (Wildman–Crippen LogP) is 2.68. The van der Waals surface area contributed by atoms with Crippen LogP contribution >= 0.6 is 0 Å². The Kier molecular flexibility index (Phi) is 4.53. The van der Waals surface area contributed by atoms with Gasteiger partial charge in [0, 0.05) is 24.0 Å². The van der Waals surface area contributed by atoms with Crippen LogP contribution in [0.3, 0.4) is 0 Å². The van der Waals surface area contributed by atoms with Crippen molar-refractivity contribution in [2.45, 2.75) is 50.7 Å². The van der Waals surface area contributed by atoms with Crippen LogP contribution < -0.4 is 5.32 Å². The van der Waals surface area contributed by atoms with Gasteiger partial charge in [0.1, 0.15) is 0 Å². The van der Waals surface area contributed by atoms with E-state index in [0.717, 1.165) is 43.2 Å². The Morgan fingerprint density at radius 3 is 2.68 bits per heavy atom. The van der Waals surface area contributed by atoms with Crippen molar-refractivity contribution < 1.29 is 9.90 Å². The second-order valence-electron chi connectivity index (χ2n) is 7.36. The number of carbonyl (C=O) groups is 1. The zero-order valence-electron chi connectivity index (χ0n) is 14.3. The van der Waals surface area contributed by atoms with Gasteiger partial charge < -0.3 is 10.4 Å². The van der Waals surface area contributed by atoms with Crippen molar-refractivity contribution in [2.24, 2.45) is 5.92 Å². The number of aliphatic hydroxyl groups is 1. The first-order chi connectivity index (χ1) is 12.2. The summed E-state index contributed by atoms with van der Waals surface area (Å²) in [5.74, 6) is 0.330. The molecular formula is C21H24N2O2. The number of hydrogen-bond donors (Lipinski definition) is 2. The van der Waals surface area contributed by atoms with Gasteiger partial charge in [-0.2, -0.15) is 0 Å². The molecule has 130 valence electrons. The molecule has 0 unspecified atom stereocenters. The van der Waals surface area contributed by atoms with Crippen LogP contribution in [0.4, 0.5) is 0 Å². The molecule has 1 atom stereocenters. The molecule has 0 bridgehead atoms. The molecule has 0 radical (unpaired) electrons. The maximum Gasteiger partial charge on any atom is 0.251 e. The van der Waals surface area contributed by atoms with Crippen molar-refractivity contribution in [3.8, 4) is 0 Å². The molecule has 1 aromatic carbocycles. The van der Waals surface area contributed by atoms with E-state index < -0.39 is 0 Å². The van der Waals surface area contributed by atoms with E-state index in [-0.39, 0.29) is 18.1 Å². The number of rotatable bonds is 5. The first-order valence-corrected chi connectivity index (χ1v) is 9.18. The van der Waals surface area contributed by atoms with Crippen LogP contribution in [0.5, 0.6) is 0 Å². The summed E-state index contributed by atoms with van der Waals surface area (Å²) in [6.07, 6.45) is 9.03. The molecule has 1 aromatic heterocycles. The van der Waals surface area contributed by atoms with Gasteiger partial charge in [-0.1, -0.05) is 6.07 Å². The summed E-state index contributed by atoms with van der Waals surface area (Å²) in [7, 11) is 0. The van der Waals surface area contributed by atoms with Crippen LogP contribution in [0.15, 0.2) is 42.7 Å². The third-order valence-corrected chi connectivity index (χ3v) is 5.60. The Morgan fingerprint density at radius 2 is 1.92 bits per heavy atom. The molecule has 25 heavy (non-hydrogen) atoms. The van der Waals surface area contributed by atoms with Gasteiger partial charge >= 0.3 is 0 Å². The van der Waals surface area contributed by atoms with Gasteiger partial charge in [0.05, 0.1) is 6.10 Å². The number of carbonyl (C=O) groups excluding carboxylic acids is 1. The van der Waals surface area contributed by atoms with E-state index in [1.54, 1.807) is 12.4 Å². The predicted molar refractivity (Wildman–Crippen MR) is 96.4 cm³/mol. The number of pyridine rings is 1. The lowest BCUT2D eigenvalue weighted by Gasteiger charge is -2.38. The molecule has 2 aromatic rings. The third kappa shape index (κ3) is 3.59. The highest BCUT2D eigenvalue weighted by Gasteiger charge is 2.35. The molecule has 1 saturated carbocycles. The summed E-state index contributed by atoms with van der Waals surface area (Å²) >= 11 is 0. The van der Waals surface area contributed by atoms with Crippen LogP contribution in [0.25, 0.3) is 0 Å². The normalized spacial score (nSPS) is 22.8. The zero-order chi connectivity index (χ0) is 17.2. The molecular weight excluding hydrogens is 312 g/mol. The lowest BCUT2D eigenvalue weighted by molar-refractivity contribution is 0.0239. The van der Waals surface area contributed by atoms with Crippen LogP contribution in [-0.4, -0.2) is 28.1 Å². The van der Waals surface area contributed by atoms with Crippen molar-refractivity contribution in [1.29, 1.82) is 0 Å². The fraction of sp³-hybridized carbons (Fsp3) is 0.429. The van der Waals surface area contributed by atoms with Gasteiger partial charge in [-0.25, -0.2) is 0 Å². The van der Waals surface area contributed by atoms with E-state index in [1.165, 1.54) is 17.5 Å². The maximum absolute atomic E-state index is 12.8. The molecule has 1 amide bonds. The van der Waals surface area contributed by atoms with E-state index in [0.29, 0.717) is 5.92 Å². The van der Waals surface area contributed by atoms with E-state index in [2.05, 4.69) is 22.4 Å². The van der Waals surface area contributed by atoms with E-state index >= 15 is 0 Å². The van der Waals surface area contributed by atoms with Crippen molar-refractivity contribution >= 4 is 5.91 Å². The second-order valence-corrected chi connectivity index (χ2v) is 7.36. The van der Waals surface area contributed by atoms with Crippen LogP contribution in [0.1, 0.15) is 46.3 Å². The smallest absolute Gasteiger partial charge is 0.251 e. The summed E-state index contributed by atoms with van der Waals surface area (Å²) < 4.78 is 0. The zero-order valence-corrected chi connectivity index (χ0v) is 14.3. The molecule has 2 aliphatic rings. The number of aliphatic hydroxyl groups excluding tert-OH is 1. The number of aryl methyl sites for hydroxylation is 2. The van der Waals surface area contributed by atoms with Gasteiger partial charge in [0.2, 0.25) is 0 Å². The Balaban J connectivity index is 1.48. The average molecular weight is 336 g/mol. The number of aromatic nitrogens is 1. The SMILES string of the molecule is O=C(N[C@H](Cc1ccncc1)C1CC(O)C1)c1ccc2c(c1)CCC2. The minimum Gasteiger partial charge on any atom is -0.393 e. The standard InChI is InChI=1S/C21H24N2O2/c24-19-12-18(13-19)20(10-14-6-8-22-9-7-14)23-21(25)17-5-4-15-2-1-3-16(15)11-17/h4-9,11,18-20,24H,1-3,10,12-13H2,(H,23,25)/t18?,19?,20-/m1/s1. The van der Waals surface area contributed by atoms with Crippen molar-refractivity contribution in [1.82, 2.24) is 10.3 Å². The molecule has 2 N–H and O–H groups in total. The number of nitrogens with zero attached hydrogens (tertiary/aromatic N) is 1. The lowest BCUT2D eigenvalue weighted by Crippen LogP contribution is -2.48. The summed E-state index contributed by atoms with van der Waals surface area (Å²) in [6, 6.07) is 10.1. The molecule has 4 rings (SSSR count). The quantitative estimate of drug-likeness (QED) is 0.882. The highest BCUT2D eigenvalue weighted by atomic mass is 16.3. The van der Waals surface area contributed by atoms with Crippen molar-refractivity contribution in [3.63, 3.8) is 0 Å². The molecule has 1 fully saturated rings. The summed E-state index contributed by atoms with van der Waals surface area (Å²) in [6.45, 7) is 0. The Labute approximate surface area is 148 Å². The summed E-state index contributed by atoms with van der Waals surface area (Å²) in [5, 5.41) is 12.9. The monoisotopic (exact) mass is 336 g/mol. The maximum atomic E-state index is 12.8. The highest BCUT2D eigenvalue weighted by molar-refractivity contribution is 5.94. The number of benzene rings is 1. The number of nitrogens with one attached hydrogen (secondary N) is 1. The molecule has 0 aliphatic heterocycles. The van der Waals surface area contributed by atoms with Crippen LogP contribution in [-0.2, 0) is 19.3 Å². The number of fused-ring (bicyclic) bond motifs is 1. The molecule has 2 aliphatic carbocycles. The minimum atomic E-state index is -0.221. The van der Waals surface area contributed by atoms with E-state index in [1.807, 2.05) is 18.2 Å². The Bertz CT molecular complexity index is 754. The van der Waals surface area contributed by atoms with Crippen molar-refractivity contribution in [2.75, 3.05) is 0 Å². The second kappa shape index (κ2) is 6.96. The van der Waals surface area contributed by atoms with Gasteiger partial charge in [-0.15, -0.1) is 0 Å². The fourth-order valence-electron chi connectivity index (χ4n) is 4.03. The first-order valence-electron chi connectivity index (χ1n) is 9.18. The Hall–Kier alpha value is -2.20. The largest absolute Gasteiger partial charge is 0.393 e. The van der Waals surface area contributed by atoms with Gasteiger partial charge in [0.25, 0.3) is 5.91 Å².